The molecule has 1 N–H and O–H groups in total. The van der Waals surface area contributed by atoms with Crippen molar-refractivity contribution in [2.75, 3.05) is 13.2 Å². The molecule has 0 aromatic heterocycles. The Labute approximate surface area is 177 Å². The number of carbonyl (C=O) groups is 3. The van der Waals surface area contributed by atoms with Crippen LogP contribution in [0, 0.1) is 16.7 Å². The molecule has 30 heavy (non-hydrogen) atoms. The zero-order valence-corrected chi connectivity index (χ0v) is 18.2. The zero-order chi connectivity index (χ0) is 22.4. The molecule has 0 amide bonds. The third-order valence-electron chi connectivity index (χ3n) is 5.74. The maximum Gasteiger partial charge on any atom is 0.312 e. The van der Waals surface area contributed by atoms with Gasteiger partial charge in [-0.05, 0) is 38.7 Å². The zero-order valence-electron chi connectivity index (χ0n) is 18.2. The molecule has 0 bridgehead atoms. The highest BCUT2D eigenvalue weighted by molar-refractivity contribution is 5.81. The van der Waals surface area contributed by atoms with E-state index in [1.165, 1.54) is 0 Å². The van der Waals surface area contributed by atoms with Crippen LogP contribution < -0.4 is 0 Å². The largest absolute Gasteiger partial charge is 0.481 e. The molecule has 1 saturated heterocycles. The summed E-state index contributed by atoms with van der Waals surface area (Å²) < 4.78 is 16.0. The number of aliphatic carboxylic acids is 1. The average Bonchev–Trinajstić information content (AvgIpc) is 3.55. The van der Waals surface area contributed by atoms with E-state index in [4.69, 9.17) is 14.2 Å². The minimum Gasteiger partial charge on any atom is -0.481 e. The highest BCUT2D eigenvalue weighted by atomic mass is 16.6. The highest BCUT2D eigenvalue weighted by Gasteiger charge is 2.47. The van der Waals surface area contributed by atoms with Gasteiger partial charge in [0.25, 0.3) is 0 Å². The Morgan fingerprint density at radius 1 is 1.13 bits per heavy atom. The number of benzene rings is 1. The molecule has 1 heterocycles. The maximum absolute atomic E-state index is 13.0. The lowest BCUT2D eigenvalue weighted by Crippen LogP contribution is -2.42. The van der Waals surface area contributed by atoms with Gasteiger partial charge in [-0.3, -0.25) is 14.4 Å². The first kappa shape index (κ1) is 23.9. The molecule has 166 valence electrons. The first-order valence-electron chi connectivity index (χ1n) is 10.3. The van der Waals surface area contributed by atoms with E-state index in [1.54, 1.807) is 20.8 Å². The first-order valence-corrected chi connectivity index (χ1v) is 10.3. The second kappa shape index (κ2) is 10.1. The second-order valence-electron chi connectivity index (χ2n) is 8.71. The van der Waals surface area contributed by atoms with Gasteiger partial charge in [0.05, 0.1) is 23.4 Å². The summed E-state index contributed by atoms with van der Waals surface area (Å²) in [4.78, 5) is 37.3. The van der Waals surface area contributed by atoms with Crippen molar-refractivity contribution in [2.45, 2.75) is 59.7 Å². The molecule has 4 atom stereocenters. The molecule has 0 saturated carbocycles. The van der Waals surface area contributed by atoms with Crippen molar-refractivity contribution >= 4 is 17.9 Å². The van der Waals surface area contributed by atoms with Gasteiger partial charge < -0.3 is 19.3 Å². The summed E-state index contributed by atoms with van der Waals surface area (Å²) >= 11 is 0. The number of esters is 2. The topological polar surface area (TPSA) is 102 Å². The summed E-state index contributed by atoms with van der Waals surface area (Å²) in [5.41, 5.74) is -1.24. The number of rotatable bonds is 12. The van der Waals surface area contributed by atoms with E-state index in [9.17, 15) is 19.5 Å². The molecule has 1 aliphatic heterocycles. The van der Waals surface area contributed by atoms with Crippen LogP contribution in [0.1, 0.15) is 52.5 Å². The number of epoxide rings is 1. The first-order chi connectivity index (χ1) is 14.1. The fourth-order valence-corrected chi connectivity index (χ4v) is 3.60. The predicted octanol–water partition coefficient (Wildman–Crippen LogP) is 3.60. The minimum atomic E-state index is -1.15. The van der Waals surface area contributed by atoms with Gasteiger partial charge in [0.15, 0.2) is 0 Å². The lowest BCUT2D eigenvalue weighted by atomic mass is 9.68. The molecule has 7 heteroatoms. The van der Waals surface area contributed by atoms with E-state index in [0.717, 1.165) is 5.56 Å². The van der Waals surface area contributed by atoms with Gasteiger partial charge in [0, 0.05) is 0 Å². The number of carbonyl (C=O) groups excluding carboxylic acids is 2. The van der Waals surface area contributed by atoms with Crippen LogP contribution in [0.25, 0.3) is 0 Å². The minimum absolute atomic E-state index is 0.0637. The molecule has 0 aliphatic carbocycles. The molecule has 4 unspecified atom stereocenters. The fourth-order valence-electron chi connectivity index (χ4n) is 3.60. The Kier molecular flexibility index (Phi) is 8.01. The summed E-state index contributed by atoms with van der Waals surface area (Å²) in [5, 5.41) is 9.37. The normalized spacial score (nSPS) is 20.3. The van der Waals surface area contributed by atoms with Crippen molar-refractivity contribution in [3.8, 4) is 0 Å². The standard InChI is InChI=1S/C23H32O7/c1-5-22(3,20(26)29-12-17-9-7-6-8-10-17)15-23(4,11-16(2)19(24)25)21(27)30-14-18-13-28-18/h6-10,16,18H,5,11-15H2,1-4H3,(H,24,25). The third kappa shape index (κ3) is 6.55. The Balaban J connectivity index is 2.14. The lowest BCUT2D eigenvalue weighted by Gasteiger charge is -2.37. The van der Waals surface area contributed by atoms with Crippen LogP contribution in [0.4, 0.5) is 0 Å². The van der Waals surface area contributed by atoms with E-state index >= 15 is 0 Å². The Hall–Kier alpha value is -2.41. The molecule has 1 fully saturated rings. The molecule has 2 rings (SSSR count). The van der Waals surface area contributed by atoms with Crippen LogP contribution in [0.2, 0.25) is 0 Å². The maximum atomic E-state index is 13.0. The summed E-state index contributed by atoms with van der Waals surface area (Å²) in [6.45, 7) is 7.65. The molecular weight excluding hydrogens is 388 g/mol. The van der Waals surface area contributed by atoms with Crippen LogP contribution in [0.3, 0.4) is 0 Å². The fraction of sp³-hybridized carbons (Fsp3) is 0.609. The number of hydrogen-bond acceptors (Lipinski definition) is 6. The van der Waals surface area contributed by atoms with Gasteiger partial charge in [-0.1, -0.05) is 44.2 Å². The van der Waals surface area contributed by atoms with Crippen molar-refractivity contribution in [1.82, 2.24) is 0 Å². The summed E-state index contributed by atoms with van der Waals surface area (Å²) in [7, 11) is 0. The monoisotopic (exact) mass is 420 g/mol. The van der Waals surface area contributed by atoms with E-state index in [1.807, 2.05) is 37.3 Å². The molecule has 7 nitrogen and oxygen atoms in total. The quantitative estimate of drug-likeness (QED) is 0.407. The van der Waals surface area contributed by atoms with Crippen LogP contribution >= 0.6 is 0 Å². The van der Waals surface area contributed by atoms with Crippen LogP contribution in [-0.4, -0.2) is 42.3 Å². The summed E-state index contributed by atoms with van der Waals surface area (Å²) in [6, 6.07) is 9.35. The number of carboxylic acid groups (broad SMARTS) is 1. The van der Waals surface area contributed by atoms with Crippen LogP contribution in [-0.2, 0) is 35.2 Å². The molecule has 1 aromatic carbocycles. The predicted molar refractivity (Wildman–Crippen MR) is 109 cm³/mol. The molecule has 0 spiro atoms. The number of carboxylic acids is 1. The molecular formula is C23H32O7. The van der Waals surface area contributed by atoms with Gasteiger partial charge in [-0.25, -0.2) is 0 Å². The number of ether oxygens (including phenoxy) is 3. The van der Waals surface area contributed by atoms with Crippen LogP contribution in [0.5, 0.6) is 0 Å². The van der Waals surface area contributed by atoms with Gasteiger partial charge in [-0.2, -0.15) is 0 Å². The molecule has 1 aliphatic rings. The van der Waals surface area contributed by atoms with Gasteiger partial charge in [0.1, 0.15) is 19.3 Å². The van der Waals surface area contributed by atoms with Crippen molar-refractivity contribution in [2.24, 2.45) is 16.7 Å². The number of hydrogen-bond donors (Lipinski definition) is 1. The van der Waals surface area contributed by atoms with Crippen molar-refractivity contribution < 1.29 is 33.7 Å². The molecule has 1 aromatic rings. The molecule has 0 radical (unpaired) electrons. The van der Waals surface area contributed by atoms with Crippen molar-refractivity contribution in [3.63, 3.8) is 0 Å². The Morgan fingerprint density at radius 3 is 2.27 bits per heavy atom. The third-order valence-corrected chi connectivity index (χ3v) is 5.74. The SMILES string of the molecule is CCC(C)(CC(C)(CC(C)C(=O)O)C(=O)OCC1CO1)C(=O)OCc1ccccc1. The van der Waals surface area contributed by atoms with Gasteiger partial charge >= 0.3 is 17.9 Å². The highest BCUT2D eigenvalue weighted by Crippen LogP contribution is 2.43. The Bertz CT molecular complexity index is 743. The average molecular weight is 421 g/mol. The summed E-state index contributed by atoms with van der Waals surface area (Å²) in [6.07, 6.45) is 0.542. The second-order valence-corrected chi connectivity index (χ2v) is 8.71. The van der Waals surface area contributed by atoms with Crippen molar-refractivity contribution in [3.05, 3.63) is 35.9 Å². The lowest BCUT2D eigenvalue weighted by molar-refractivity contribution is -0.166. The smallest absolute Gasteiger partial charge is 0.312 e. The van der Waals surface area contributed by atoms with E-state index < -0.39 is 34.7 Å². The van der Waals surface area contributed by atoms with Crippen LogP contribution in [0.15, 0.2) is 30.3 Å². The summed E-state index contributed by atoms with van der Waals surface area (Å²) in [5.74, 6) is -2.69. The van der Waals surface area contributed by atoms with Crippen molar-refractivity contribution in [1.29, 1.82) is 0 Å². The van der Waals surface area contributed by atoms with Gasteiger partial charge in [-0.15, -0.1) is 0 Å². The Morgan fingerprint density at radius 2 is 1.73 bits per heavy atom. The van der Waals surface area contributed by atoms with E-state index in [0.29, 0.717) is 13.0 Å². The van der Waals surface area contributed by atoms with E-state index in [2.05, 4.69) is 0 Å². The van der Waals surface area contributed by atoms with E-state index in [-0.39, 0.29) is 32.2 Å². The van der Waals surface area contributed by atoms with Gasteiger partial charge in [0.2, 0.25) is 0 Å².